The number of nitrogens with zero attached hydrogens (tertiary/aromatic N) is 1. The molecule has 0 bridgehead atoms. The molecule has 0 atom stereocenters. The van der Waals surface area contributed by atoms with Gasteiger partial charge in [0.05, 0.1) is 17.5 Å². The van der Waals surface area contributed by atoms with Gasteiger partial charge in [0.25, 0.3) is 0 Å². The highest BCUT2D eigenvalue weighted by molar-refractivity contribution is 5.88. The van der Waals surface area contributed by atoms with Crippen LogP contribution in [0.3, 0.4) is 0 Å². The van der Waals surface area contributed by atoms with Gasteiger partial charge < -0.3 is 14.6 Å². The first-order valence-corrected chi connectivity index (χ1v) is 9.58. The molecule has 0 saturated heterocycles. The topological polar surface area (TPSA) is 43.3 Å². The Labute approximate surface area is 160 Å². The third kappa shape index (κ3) is 3.26. The van der Waals surface area contributed by atoms with Gasteiger partial charge in [0.1, 0.15) is 0 Å². The van der Waals surface area contributed by atoms with E-state index in [9.17, 15) is 4.79 Å². The highest BCUT2D eigenvalue weighted by Gasteiger charge is 2.49. The fourth-order valence-electron chi connectivity index (χ4n) is 4.01. The van der Waals surface area contributed by atoms with Crippen molar-refractivity contribution in [3.8, 4) is 5.69 Å². The molecule has 0 spiro atoms. The average Bonchev–Trinajstić information content (AvgIpc) is 3.42. The third-order valence-electron chi connectivity index (χ3n) is 5.67. The summed E-state index contributed by atoms with van der Waals surface area (Å²) in [6.45, 7) is 3.33. The lowest BCUT2D eigenvalue weighted by Crippen LogP contribution is -2.35. The van der Waals surface area contributed by atoms with Crippen molar-refractivity contribution in [2.24, 2.45) is 5.41 Å². The summed E-state index contributed by atoms with van der Waals surface area (Å²) in [5, 5.41) is 4.39. The third-order valence-corrected chi connectivity index (χ3v) is 5.67. The molecule has 1 aliphatic rings. The van der Waals surface area contributed by atoms with Gasteiger partial charge in [-0.15, -0.1) is 0 Å². The van der Waals surface area contributed by atoms with Crippen LogP contribution in [0, 0.1) is 12.3 Å². The van der Waals surface area contributed by atoms with Gasteiger partial charge in [-0.05, 0) is 49.9 Å². The molecular formula is C23H26N2O2. The van der Waals surface area contributed by atoms with Crippen molar-refractivity contribution in [1.82, 2.24) is 9.88 Å². The van der Waals surface area contributed by atoms with Gasteiger partial charge in [0.15, 0.2) is 0 Å². The number of aromatic nitrogens is 1. The molecule has 1 N–H and O–H groups in total. The first-order valence-electron chi connectivity index (χ1n) is 9.58. The number of fused-ring (bicyclic) bond motifs is 1. The Morgan fingerprint density at radius 2 is 1.81 bits per heavy atom. The molecule has 0 radical (unpaired) electrons. The fourth-order valence-corrected chi connectivity index (χ4v) is 4.01. The predicted octanol–water partition coefficient (Wildman–Crippen LogP) is 4.02. The zero-order valence-corrected chi connectivity index (χ0v) is 16.0. The molecule has 2 aromatic carbocycles. The van der Waals surface area contributed by atoms with Crippen molar-refractivity contribution in [3.05, 3.63) is 65.9 Å². The Balaban J connectivity index is 1.58. The number of nitrogens with one attached hydrogen (secondary N) is 1. The van der Waals surface area contributed by atoms with Crippen LogP contribution in [-0.2, 0) is 16.0 Å². The zero-order valence-electron chi connectivity index (χ0n) is 16.0. The first kappa shape index (κ1) is 17.8. The van der Waals surface area contributed by atoms with Crippen LogP contribution in [0.2, 0.25) is 0 Å². The smallest absolute Gasteiger partial charge is 0.228 e. The van der Waals surface area contributed by atoms with E-state index in [0.717, 1.165) is 19.3 Å². The number of hydrogen-bond acceptors (Lipinski definition) is 2. The molecule has 4 heteroatoms. The minimum absolute atomic E-state index is 0.133. The Hall–Kier alpha value is -2.59. The molecule has 4 rings (SSSR count). The lowest BCUT2D eigenvalue weighted by molar-refractivity contribution is -0.128. The molecule has 0 unspecified atom stereocenters. The molecule has 4 nitrogen and oxygen atoms in total. The number of ether oxygens (including phenoxy) is 1. The van der Waals surface area contributed by atoms with E-state index in [-0.39, 0.29) is 11.3 Å². The second kappa shape index (κ2) is 7.20. The fraction of sp³-hybridized carbons (Fsp3) is 0.348. The van der Waals surface area contributed by atoms with E-state index < -0.39 is 0 Å². The lowest BCUT2D eigenvalue weighted by Gasteiger charge is -2.14. The molecule has 1 saturated carbocycles. The van der Waals surface area contributed by atoms with E-state index in [0.29, 0.717) is 13.2 Å². The van der Waals surface area contributed by atoms with Gasteiger partial charge in [-0.25, -0.2) is 0 Å². The quantitative estimate of drug-likeness (QED) is 0.690. The maximum absolute atomic E-state index is 12.5. The molecule has 0 aliphatic heterocycles. The summed E-state index contributed by atoms with van der Waals surface area (Å²) in [5.41, 5.74) is 4.63. The van der Waals surface area contributed by atoms with E-state index >= 15 is 0 Å². The number of amides is 1. The van der Waals surface area contributed by atoms with E-state index in [1.165, 1.54) is 27.8 Å². The van der Waals surface area contributed by atoms with Crippen LogP contribution in [0.1, 0.15) is 24.1 Å². The van der Waals surface area contributed by atoms with Crippen molar-refractivity contribution in [2.45, 2.75) is 26.2 Å². The lowest BCUT2D eigenvalue weighted by atomic mass is 10.1. The van der Waals surface area contributed by atoms with Gasteiger partial charge >= 0.3 is 0 Å². The van der Waals surface area contributed by atoms with Gasteiger partial charge in [-0.2, -0.15) is 0 Å². The normalized spacial score (nSPS) is 15.0. The molecule has 140 valence electrons. The van der Waals surface area contributed by atoms with Gasteiger partial charge in [-0.3, -0.25) is 4.79 Å². The molecule has 1 amide bonds. The van der Waals surface area contributed by atoms with E-state index in [2.05, 4.69) is 65.3 Å². The van der Waals surface area contributed by atoms with Crippen molar-refractivity contribution < 1.29 is 9.53 Å². The van der Waals surface area contributed by atoms with Gasteiger partial charge in [0.2, 0.25) is 5.91 Å². The number of para-hydroxylation sites is 2. The summed E-state index contributed by atoms with van der Waals surface area (Å²) in [6, 6.07) is 18.9. The Morgan fingerprint density at radius 3 is 2.52 bits per heavy atom. The molecule has 3 aromatic rings. The van der Waals surface area contributed by atoms with Gasteiger partial charge in [-0.1, -0.05) is 36.4 Å². The van der Waals surface area contributed by atoms with Crippen LogP contribution < -0.4 is 5.32 Å². The van der Waals surface area contributed by atoms with E-state index in [1.54, 1.807) is 7.11 Å². The standard InChI is InChI=1S/C23H26N2O2/c1-17-19(12-15-24-22(26)23(13-14-23)16-27-2)20-10-6-7-11-21(20)25(17)18-8-4-3-5-9-18/h3-11H,12-16H2,1-2H3,(H,24,26). The molecular weight excluding hydrogens is 336 g/mol. The van der Waals surface area contributed by atoms with Crippen LogP contribution in [0.25, 0.3) is 16.6 Å². The summed E-state index contributed by atoms with van der Waals surface area (Å²) < 4.78 is 7.53. The number of carbonyl (C=O) groups is 1. The second-order valence-corrected chi connectivity index (χ2v) is 7.47. The minimum Gasteiger partial charge on any atom is -0.384 e. The van der Waals surface area contributed by atoms with Crippen LogP contribution in [0.4, 0.5) is 0 Å². The number of rotatable bonds is 7. The van der Waals surface area contributed by atoms with Crippen molar-refractivity contribution >= 4 is 16.8 Å². The number of benzene rings is 2. The maximum Gasteiger partial charge on any atom is 0.228 e. The first-order chi connectivity index (χ1) is 13.2. The molecule has 27 heavy (non-hydrogen) atoms. The highest BCUT2D eigenvalue weighted by Crippen LogP contribution is 2.45. The molecule has 1 heterocycles. The molecule has 1 aliphatic carbocycles. The highest BCUT2D eigenvalue weighted by atomic mass is 16.5. The number of methoxy groups -OCH3 is 1. The Bertz CT molecular complexity index is 955. The summed E-state index contributed by atoms with van der Waals surface area (Å²) in [5.74, 6) is 0.133. The van der Waals surface area contributed by atoms with Crippen LogP contribution in [0.5, 0.6) is 0 Å². The summed E-state index contributed by atoms with van der Waals surface area (Å²) in [6.07, 6.45) is 2.68. The zero-order chi connectivity index (χ0) is 18.9. The van der Waals surface area contributed by atoms with E-state index in [4.69, 9.17) is 4.74 Å². The molecule has 1 aromatic heterocycles. The monoisotopic (exact) mass is 362 g/mol. The molecule has 1 fully saturated rings. The van der Waals surface area contributed by atoms with Crippen LogP contribution in [0.15, 0.2) is 54.6 Å². The maximum atomic E-state index is 12.5. The van der Waals surface area contributed by atoms with E-state index in [1.807, 2.05) is 6.07 Å². The minimum atomic E-state index is -0.276. The van der Waals surface area contributed by atoms with Crippen molar-refractivity contribution in [3.63, 3.8) is 0 Å². The average molecular weight is 362 g/mol. The second-order valence-electron chi connectivity index (χ2n) is 7.47. The predicted molar refractivity (Wildman–Crippen MR) is 108 cm³/mol. The largest absolute Gasteiger partial charge is 0.384 e. The SMILES string of the molecule is COCC1(C(=O)NCCc2c(C)n(-c3ccccc3)c3ccccc23)CC1. The summed E-state index contributed by atoms with van der Waals surface area (Å²) in [4.78, 5) is 12.5. The van der Waals surface area contributed by atoms with Gasteiger partial charge in [0, 0.05) is 30.4 Å². The summed E-state index contributed by atoms with van der Waals surface area (Å²) >= 11 is 0. The number of carbonyl (C=O) groups excluding carboxylic acids is 1. The summed E-state index contributed by atoms with van der Waals surface area (Å²) in [7, 11) is 1.66. The Kier molecular flexibility index (Phi) is 4.75. The number of hydrogen-bond donors (Lipinski definition) is 1. The van der Waals surface area contributed by atoms with Crippen molar-refractivity contribution in [2.75, 3.05) is 20.3 Å². The van der Waals surface area contributed by atoms with Crippen molar-refractivity contribution in [1.29, 1.82) is 0 Å². The van der Waals surface area contributed by atoms with Crippen LogP contribution >= 0.6 is 0 Å². The van der Waals surface area contributed by atoms with Crippen LogP contribution in [-0.4, -0.2) is 30.7 Å². The Morgan fingerprint density at radius 1 is 1.11 bits per heavy atom.